The quantitative estimate of drug-likeness (QED) is 0.926. The molecule has 0 saturated carbocycles. The van der Waals surface area contributed by atoms with Crippen molar-refractivity contribution in [3.8, 4) is 0 Å². The topological polar surface area (TPSA) is 62.3 Å². The number of nitrogens with zero attached hydrogens (tertiary/aromatic N) is 2. The van der Waals surface area contributed by atoms with Gasteiger partial charge in [0.25, 0.3) is 0 Å². The zero-order valence-electron chi connectivity index (χ0n) is 12.4. The van der Waals surface area contributed by atoms with Crippen molar-refractivity contribution in [3.63, 3.8) is 0 Å². The number of aromatic nitrogens is 1. The first-order valence-corrected chi connectivity index (χ1v) is 8.35. The lowest BCUT2D eigenvalue weighted by Crippen LogP contribution is -2.41. The van der Waals surface area contributed by atoms with Crippen LogP contribution in [0.2, 0.25) is 5.02 Å². The molecule has 0 bridgehead atoms. The molecule has 0 fully saturated rings. The van der Waals surface area contributed by atoms with E-state index < -0.39 is 0 Å². The molecule has 1 aliphatic rings. The Kier molecular flexibility index (Phi) is 4.54. The molecule has 118 valence electrons. The lowest BCUT2D eigenvalue weighted by Gasteiger charge is -2.27. The molecule has 0 saturated heterocycles. The number of carbonyl (C=O) groups excluding carboxylic acids is 2. The molecule has 2 heterocycles. The number of amides is 2. The third-order valence-electron chi connectivity index (χ3n) is 3.45. The third kappa shape index (κ3) is 3.48. The number of halogens is 1. The molecule has 2 aromatic rings. The number of pyridine rings is 1. The molecule has 0 radical (unpaired) electrons. The van der Waals surface area contributed by atoms with Gasteiger partial charge in [0.05, 0.1) is 11.4 Å². The highest BCUT2D eigenvalue weighted by molar-refractivity contribution is 8.00. The third-order valence-corrected chi connectivity index (χ3v) is 4.67. The number of hydrogen-bond donors (Lipinski definition) is 1. The van der Waals surface area contributed by atoms with E-state index >= 15 is 0 Å². The van der Waals surface area contributed by atoms with Gasteiger partial charge in [-0.2, -0.15) is 0 Å². The molecule has 0 spiro atoms. The number of anilines is 2. The first-order chi connectivity index (χ1) is 11.0. The molecule has 3 rings (SSSR count). The average Bonchev–Trinajstić information content (AvgIpc) is 2.54. The van der Waals surface area contributed by atoms with Crippen LogP contribution in [0.15, 0.2) is 41.6 Å². The predicted octanol–water partition coefficient (Wildman–Crippen LogP) is 3.12. The van der Waals surface area contributed by atoms with Gasteiger partial charge in [-0.1, -0.05) is 29.4 Å². The van der Waals surface area contributed by atoms with Crippen molar-refractivity contribution in [1.29, 1.82) is 0 Å². The van der Waals surface area contributed by atoms with Crippen molar-refractivity contribution in [2.24, 2.45) is 0 Å². The van der Waals surface area contributed by atoms with Crippen LogP contribution in [0.4, 0.5) is 11.4 Å². The van der Waals surface area contributed by atoms with Crippen LogP contribution in [0.1, 0.15) is 5.56 Å². The molecule has 2 amide bonds. The summed E-state index contributed by atoms with van der Waals surface area (Å²) < 4.78 is 0. The first kappa shape index (κ1) is 15.8. The Morgan fingerprint density at radius 1 is 1.43 bits per heavy atom. The van der Waals surface area contributed by atoms with Crippen LogP contribution in [0.25, 0.3) is 0 Å². The van der Waals surface area contributed by atoms with Gasteiger partial charge in [-0.05, 0) is 36.8 Å². The van der Waals surface area contributed by atoms with Crippen molar-refractivity contribution >= 4 is 46.6 Å². The molecule has 1 aromatic carbocycles. The smallest absolute Gasteiger partial charge is 0.244 e. The summed E-state index contributed by atoms with van der Waals surface area (Å²) in [7, 11) is 0. The van der Waals surface area contributed by atoms with E-state index in [0.717, 1.165) is 10.6 Å². The number of thioether (sulfide) groups is 1. The lowest BCUT2D eigenvalue weighted by atomic mass is 10.2. The molecule has 0 unspecified atom stereocenters. The van der Waals surface area contributed by atoms with Crippen molar-refractivity contribution < 1.29 is 9.59 Å². The fraction of sp³-hybridized carbons (Fsp3) is 0.188. The van der Waals surface area contributed by atoms with Gasteiger partial charge >= 0.3 is 0 Å². The van der Waals surface area contributed by atoms with Crippen molar-refractivity contribution in [1.82, 2.24) is 4.98 Å². The van der Waals surface area contributed by atoms with Gasteiger partial charge in [-0.3, -0.25) is 14.5 Å². The maximum absolute atomic E-state index is 12.3. The van der Waals surface area contributed by atoms with Gasteiger partial charge in [0.2, 0.25) is 11.8 Å². The summed E-state index contributed by atoms with van der Waals surface area (Å²) in [5, 5.41) is 4.12. The standard InChI is InChI=1S/C16H14ClN3O2S/c1-10-4-5-11(17)7-12(10)19-14(21)8-20-13-3-2-6-18-16(13)23-9-15(20)22/h2-7H,8-9H2,1H3,(H,19,21). The van der Waals surface area contributed by atoms with Crippen molar-refractivity contribution in [3.05, 3.63) is 47.1 Å². The maximum Gasteiger partial charge on any atom is 0.244 e. The highest BCUT2D eigenvalue weighted by Gasteiger charge is 2.27. The van der Waals surface area contributed by atoms with Crippen LogP contribution in [0.3, 0.4) is 0 Å². The number of benzene rings is 1. The van der Waals surface area contributed by atoms with Crippen molar-refractivity contribution in [2.45, 2.75) is 11.9 Å². The van der Waals surface area contributed by atoms with Gasteiger partial charge in [0, 0.05) is 16.9 Å². The summed E-state index contributed by atoms with van der Waals surface area (Å²) in [6, 6.07) is 8.84. The number of fused-ring (bicyclic) bond motifs is 1. The number of hydrogen-bond acceptors (Lipinski definition) is 4. The summed E-state index contributed by atoms with van der Waals surface area (Å²) in [5.74, 6) is -0.0908. The maximum atomic E-state index is 12.3. The van der Waals surface area contributed by atoms with Crippen LogP contribution < -0.4 is 10.2 Å². The SMILES string of the molecule is Cc1ccc(Cl)cc1NC(=O)CN1C(=O)CSc2ncccc21. The van der Waals surface area contributed by atoms with Gasteiger partial charge in [0.15, 0.2) is 0 Å². The molecule has 0 atom stereocenters. The Hall–Kier alpha value is -2.05. The van der Waals surface area contributed by atoms with E-state index in [1.165, 1.54) is 16.7 Å². The molecule has 1 N–H and O–H groups in total. The normalized spacial score (nSPS) is 13.7. The van der Waals surface area contributed by atoms with Gasteiger partial charge in [-0.15, -0.1) is 0 Å². The zero-order valence-corrected chi connectivity index (χ0v) is 13.9. The van der Waals surface area contributed by atoms with Gasteiger partial charge in [-0.25, -0.2) is 4.98 Å². The molecule has 5 nitrogen and oxygen atoms in total. The zero-order chi connectivity index (χ0) is 16.4. The van der Waals surface area contributed by atoms with E-state index in [0.29, 0.717) is 16.4 Å². The minimum Gasteiger partial charge on any atom is -0.324 e. The fourth-order valence-electron chi connectivity index (χ4n) is 2.28. The average molecular weight is 348 g/mol. The number of rotatable bonds is 3. The van der Waals surface area contributed by atoms with Crippen molar-refractivity contribution in [2.75, 3.05) is 22.5 Å². The van der Waals surface area contributed by atoms with E-state index in [4.69, 9.17) is 11.6 Å². The van der Waals surface area contributed by atoms with E-state index in [2.05, 4.69) is 10.3 Å². The Labute approximate surface area is 143 Å². The monoisotopic (exact) mass is 347 g/mol. The second-order valence-corrected chi connectivity index (χ2v) is 6.50. The lowest BCUT2D eigenvalue weighted by molar-refractivity contribution is -0.120. The Bertz CT molecular complexity index is 782. The first-order valence-electron chi connectivity index (χ1n) is 6.99. The van der Waals surface area contributed by atoms with Crippen LogP contribution in [-0.2, 0) is 9.59 Å². The number of carbonyl (C=O) groups is 2. The largest absolute Gasteiger partial charge is 0.324 e. The highest BCUT2D eigenvalue weighted by atomic mass is 35.5. The Morgan fingerprint density at radius 2 is 2.26 bits per heavy atom. The molecular formula is C16H14ClN3O2S. The molecule has 0 aliphatic carbocycles. The second kappa shape index (κ2) is 6.60. The van der Waals surface area contributed by atoms with Crippen LogP contribution >= 0.6 is 23.4 Å². The predicted molar refractivity (Wildman–Crippen MR) is 92.1 cm³/mol. The van der Waals surface area contributed by atoms with E-state index in [9.17, 15) is 9.59 Å². The molecule has 23 heavy (non-hydrogen) atoms. The fourth-order valence-corrected chi connectivity index (χ4v) is 3.33. The van der Waals surface area contributed by atoms with Gasteiger partial charge < -0.3 is 5.32 Å². The molecular weight excluding hydrogens is 334 g/mol. The second-order valence-electron chi connectivity index (χ2n) is 5.10. The highest BCUT2D eigenvalue weighted by Crippen LogP contribution is 2.32. The summed E-state index contributed by atoms with van der Waals surface area (Å²) in [6.07, 6.45) is 1.68. The van der Waals surface area contributed by atoms with E-state index in [-0.39, 0.29) is 24.1 Å². The van der Waals surface area contributed by atoms with Gasteiger partial charge in [0.1, 0.15) is 11.6 Å². The van der Waals surface area contributed by atoms with Crippen LogP contribution in [0.5, 0.6) is 0 Å². The van der Waals surface area contributed by atoms with E-state index in [1.807, 2.05) is 13.0 Å². The summed E-state index contributed by atoms with van der Waals surface area (Å²) in [5.41, 5.74) is 2.23. The Balaban J connectivity index is 1.78. The molecule has 1 aliphatic heterocycles. The number of aryl methyl sites for hydroxylation is 1. The summed E-state index contributed by atoms with van der Waals surface area (Å²) in [4.78, 5) is 30.2. The minimum absolute atomic E-state index is 0.0515. The van der Waals surface area contributed by atoms with Crippen LogP contribution in [0, 0.1) is 6.92 Å². The minimum atomic E-state index is -0.273. The summed E-state index contributed by atoms with van der Waals surface area (Å²) >= 11 is 7.34. The van der Waals surface area contributed by atoms with Crippen LogP contribution in [-0.4, -0.2) is 29.1 Å². The van der Waals surface area contributed by atoms with E-state index in [1.54, 1.807) is 30.5 Å². The number of nitrogens with one attached hydrogen (secondary N) is 1. The molecule has 7 heteroatoms. The Morgan fingerprint density at radius 3 is 3.09 bits per heavy atom. The summed E-state index contributed by atoms with van der Waals surface area (Å²) in [6.45, 7) is 1.83. The molecule has 1 aromatic heterocycles.